The fourth-order valence-corrected chi connectivity index (χ4v) is 2.34. The molecule has 6 heteroatoms. The van der Waals surface area contributed by atoms with Crippen LogP contribution in [0.4, 0.5) is 11.5 Å². The third kappa shape index (κ3) is 4.55. The molecule has 0 aliphatic carbocycles. The van der Waals surface area contributed by atoms with Crippen LogP contribution in [-0.2, 0) is 16.6 Å². The lowest BCUT2D eigenvalue weighted by atomic mass is 10.1. The Labute approximate surface area is 119 Å². The Bertz CT molecular complexity index is 682. The third-order valence-electron chi connectivity index (χ3n) is 2.62. The highest BCUT2D eigenvalue weighted by Gasteiger charge is 2.02. The molecule has 0 atom stereocenters. The Balaban J connectivity index is 1.97. The number of sulfonamides is 1. The van der Waals surface area contributed by atoms with Crippen molar-refractivity contribution in [3.05, 3.63) is 53.7 Å². The van der Waals surface area contributed by atoms with E-state index in [9.17, 15) is 8.42 Å². The average molecular weight is 291 g/mol. The van der Waals surface area contributed by atoms with Crippen molar-refractivity contribution in [3.8, 4) is 0 Å². The van der Waals surface area contributed by atoms with Crippen LogP contribution in [-0.4, -0.2) is 19.7 Å². The number of aromatic nitrogens is 1. The molecule has 0 radical (unpaired) electrons. The zero-order valence-corrected chi connectivity index (χ0v) is 12.2. The molecular weight excluding hydrogens is 274 g/mol. The van der Waals surface area contributed by atoms with Crippen molar-refractivity contribution >= 4 is 21.5 Å². The van der Waals surface area contributed by atoms with E-state index in [0.29, 0.717) is 18.1 Å². The molecule has 2 aromatic rings. The number of nitrogens with one attached hydrogen (secondary N) is 2. The Morgan fingerprint density at radius 1 is 1.20 bits per heavy atom. The van der Waals surface area contributed by atoms with Crippen LogP contribution >= 0.6 is 0 Å². The molecule has 20 heavy (non-hydrogen) atoms. The van der Waals surface area contributed by atoms with Crippen molar-refractivity contribution in [2.75, 3.05) is 16.3 Å². The van der Waals surface area contributed by atoms with Gasteiger partial charge < -0.3 is 5.32 Å². The summed E-state index contributed by atoms with van der Waals surface area (Å²) in [6.07, 6.45) is 2.59. The Morgan fingerprint density at radius 3 is 2.60 bits per heavy atom. The SMILES string of the molecule is Cc1cccc(CNc2ccc(NS(C)(=O)=O)cn2)c1. The minimum atomic E-state index is -3.26. The van der Waals surface area contributed by atoms with E-state index in [-0.39, 0.29) is 0 Å². The van der Waals surface area contributed by atoms with Crippen LogP contribution in [0, 0.1) is 6.92 Å². The summed E-state index contributed by atoms with van der Waals surface area (Å²) in [6, 6.07) is 11.6. The fraction of sp³-hybridized carbons (Fsp3) is 0.214. The second-order valence-corrected chi connectivity index (χ2v) is 6.40. The first-order valence-corrected chi connectivity index (χ1v) is 8.05. The summed E-state index contributed by atoms with van der Waals surface area (Å²) in [5, 5.41) is 3.19. The van der Waals surface area contributed by atoms with Gasteiger partial charge in [0, 0.05) is 6.54 Å². The smallest absolute Gasteiger partial charge is 0.229 e. The molecule has 1 aromatic heterocycles. The highest BCUT2D eigenvalue weighted by molar-refractivity contribution is 7.92. The third-order valence-corrected chi connectivity index (χ3v) is 3.23. The second kappa shape index (κ2) is 5.92. The Kier molecular flexibility index (Phi) is 4.24. The number of hydrogen-bond donors (Lipinski definition) is 2. The average Bonchev–Trinajstić information content (AvgIpc) is 2.36. The van der Waals surface area contributed by atoms with Crippen LogP contribution in [0.3, 0.4) is 0 Å². The maximum absolute atomic E-state index is 11.1. The fourth-order valence-electron chi connectivity index (χ4n) is 1.79. The van der Waals surface area contributed by atoms with Crippen LogP contribution in [0.25, 0.3) is 0 Å². The first-order chi connectivity index (χ1) is 9.42. The molecule has 0 spiro atoms. The molecule has 0 saturated heterocycles. The Morgan fingerprint density at radius 2 is 2.00 bits per heavy atom. The molecule has 106 valence electrons. The molecule has 0 aliphatic rings. The number of pyridine rings is 1. The molecule has 1 aromatic carbocycles. The molecule has 0 fully saturated rings. The first kappa shape index (κ1) is 14.3. The summed E-state index contributed by atoms with van der Waals surface area (Å²) in [7, 11) is -3.26. The van der Waals surface area contributed by atoms with Crippen LogP contribution in [0.15, 0.2) is 42.6 Å². The maximum Gasteiger partial charge on any atom is 0.229 e. The topological polar surface area (TPSA) is 71.1 Å². The van der Waals surface area contributed by atoms with E-state index in [4.69, 9.17) is 0 Å². The van der Waals surface area contributed by atoms with Crippen molar-refractivity contribution in [3.63, 3.8) is 0 Å². The van der Waals surface area contributed by atoms with Gasteiger partial charge in [0.25, 0.3) is 0 Å². The predicted octanol–water partition coefficient (Wildman–Crippen LogP) is 2.37. The van der Waals surface area contributed by atoms with E-state index < -0.39 is 10.0 Å². The standard InChI is InChI=1S/C14H17N3O2S/c1-11-4-3-5-12(8-11)9-15-14-7-6-13(10-16-14)17-20(2,18)19/h3-8,10,17H,9H2,1-2H3,(H,15,16). The van der Waals surface area contributed by atoms with Gasteiger partial charge >= 0.3 is 0 Å². The lowest BCUT2D eigenvalue weighted by molar-refractivity contribution is 0.607. The lowest BCUT2D eigenvalue weighted by Gasteiger charge is -2.08. The zero-order valence-electron chi connectivity index (χ0n) is 11.4. The number of benzene rings is 1. The van der Waals surface area contributed by atoms with Gasteiger partial charge in [-0.1, -0.05) is 29.8 Å². The zero-order chi connectivity index (χ0) is 14.6. The van der Waals surface area contributed by atoms with Crippen LogP contribution in [0.5, 0.6) is 0 Å². The largest absolute Gasteiger partial charge is 0.366 e. The highest BCUT2D eigenvalue weighted by Crippen LogP contribution is 2.12. The molecule has 0 amide bonds. The van der Waals surface area contributed by atoms with Gasteiger partial charge in [0.1, 0.15) is 5.82 Å². The van der Waals surface area contributed by atoms with E-state index in [0.717, 1.165) is 6.26 Å². The van der Waals surface area contributed by atoms with E-state index in [2.05, 4.69) is 21.1 Å². The Hall–Kier alpha value is -2.08. The summed E-state index contributed by atoms with van der Waals surface area (Å²) < 4.78 is 24.5. The summed E-state index contributed by atoms with van der Waals surface area (Å²) in [5.74, 6) is 0.700. The maximum atomic E-state index is 11.1. The van der Waals surface area contributed by atoms with Crippen molar-refractivity contribution in [1.82, 2.24) is 4.98 Å². The predicted molar refractivity (Wildman–Crippen MR) is 81.2 cm³/mol. The molecule has 0 bridgehead atoms. The number of nitrogens with zero attached hydrogens (tertiary/aromatic N) is 1. The van der Waals surface area contributed by atoms with Gasteiger partial charge in [-0.3, -0.25) is 4.72 Å². The van der Waals surface area contributed by atoms with Gasteiger partial charge in [0.2, 0.25) is 10.0 Å². The van der Waals surface area contributed by atoms with Gasteiger partial charge in [-0.25, -0.2) is 13.4 Å². The number of aryl methyl sites for hydroxylation is 1. The van der Waals surface area contributed by atoms with Gasteiger partial charge in [-0.2, -0.15) is 0 Å². The van der Waals surface area contributed by atoms with E-state index in [1.54, 1.807) is 12.1 Å². The summed E-state index contributed by atoms with van der Waals surface area (Å²) in [5.41, 5.74) is 2.84. The van der Waals surface area contributed by atoms with Gasteiger partial charge in [-0.15, -0.1) is 0 Å². The van der Waals surface area contributed by atoms with E-state index in [1.807, 2.05) is 25.1 Å². The molecule has 1 heterocycles. The van der Waals surface area contributed by atoms with Gasteiger partial charge in [0.05, 0.1) is 18.1 Å². The number of hydrogen-bond acceptors (Lipinski definition) is 4. The highest BCUT2D eigenvalue weighted by atomic mass is 32.2. The monoisotopic (exact) mass is 291 g/mol. The number of rotatable bonds is 5. The molecule has 0 unspecified atom stereocenters. The van der Waals surface area contributed by atoms with Crippen LogP contribution in [0.1, 0.15) is 11.1 Å². The summed E-state index contributed by atoms with van der Waals surface area (Å²) in [4.78, 5) is 4.16. The molecular formula is C14H17N3O2S. The van der Waals surface area contributed by atoms with Crippen molar-refractivity contribution in [2.45, 2.75) is 13.5 Å². The van der Waals surface area contributed by atoms with Crippen LogP contribution in [0.2, 0.25) is 0 Å². The molecule has 2 rings (SSSR count). The van der Waals surface area contributed by atoms with Crippen molar-refractivity contribution in [2.24, 2.45) is 0 Å². The summed E-state index contributed by atoms with van der Waals surface area (Å²) in [6.45, 7) is 2.72. The second-order valence-electron chi connectivity index (χ2n) is 4.65. The lowest BCUT2D eigenvalue weighted by Crippen LogP contribution is -2.10. The quantitative estimate of drug-likeness (QED) is 0.887. The van der Waals surface area contributed by atoms with Crippen LogP contribution < -0.4 is 10.0 Å². The van der Waals surface area contributed by atoms with Gasteiger partial charge in [-0.05, 0) is 24.6 Å². The first-order valence-electron chi connectivity index (χ1n) is 6.16. The minimum absolute atomic E-state index is 0.452. The summed E-state index contributed by atoms with van der Waals surface area (Å²) >= 11 is 0. The van der Waals surface area contributed by atoms with E-state index in [1.165, 1.54) is 17.3 Å². The number of anilines is 2. The molecule has 0 aliphatic heterocycles. The normalized spacial score (nSPS) is 11.1. The molecule has 5 nitrogen and oxygen atoms in total. The van der Waals surface area contributed by atoms with E-state index >= 15 is 0 Å². The van der Waals surface area contributed by atoms with Crippen molar-refractivity contribution in [1.29, 1.82) is 0 Å². The molecule has 2 N–H and O–H groups in total. The minimum Gasteiger partial charge on any atom is -0.366 e. The molecule has 0 saturated carbocycles. The van der Waals surface area contributed by atoms with Gasteiger partial charge in [0.15, 0.2) is 0 Å². The van der Waals surface area contributed by atoms with Crippen molar-refractivity contribution < 1.29 is 8.42 Å².